The summed E-state index contributed by atoms with van der Waals surface area (Å²) in [6, 6.07) is -2.08. The zero-order chi connectivity index (χ0) is 11.1. The molecule has 7 heteroatoms. The summed E-state index contributed by atoms with van der Waals surface area (Å²) in [5.41, 5.74) is 4.53. The maximum Gasteiger partial charge on any atom is 0.324 e. The van der Waals surface area contributed by atoms with E-state index in [1.807, 2.05) is 0 Å². The van der Waals surface area contributed by atoms with Crippen LogP contribution < -0.4 is 10.9 Å². The van der Waals surface area contributed by atoms with Crippen molar-refractivity contribution >= 4 is 11.8 Å². The number of carboxylic acids is 1. The molecule has 0 amide bonds. The van der Waals surface area contributed by atoms with E-state index in [-0.39, 0.29) is 5.78 Å². The summed E-state index contributed by atoms with van der Waals surface area (Å²) in [5.74, 6) is -1.58. The van der Waals surface area contributed by atoms with Crippen LogP contribution in [0, 0.1) is 0 Å². The van der Waals surface area contributed by atoms with Gasteiger partial charge < -0.3 is 15.3 Å². The lowest BCUT2D eigenvalue weighted by Crippen LogP contribution is -2.54. The van der Waals surface area contributed by atoms with E-state index in [9.17, 15) is 9.59 Å². The molecule has 0 spiro atoms. The standard InChI is InChI=1S/C7H14N2O5/c1-4(12)5(2-10)8-9-6(3-11)7(13)14/h5-6,8-11H,2-3H2,1H3,(H,13,14)/t5-,6-/m0/s1. The van der Waals surface area contributed by atoms with E-state index in [4.69, 9.17) is 15.3 Å². The van der Waals surface area contributed by atoms with Crippen molar-refractivity contribution in [3.8, 4) is 0 Å². The molecular weight excluding hydrogens is 192 g/mol. The van der Waals surface area contributed by atoms with Crippen molar-refractivity contribution in [2.24, 2.45) is 0 Å². The zero-order valence-electron chi connectivity index (χ0n) is 7.73. The molecule has 0 rings (SSSR count). The fourth-order valence-electron chi connectivity index (χ4n) is 0.662. The number of hydrazine groups is 1. The molecule has 0 saturated carbocycles. The van der Waals surface area contributed by atoms with Crippen LogP contribution >= 0.6 is 0 Å². The van der Waals surface area contributed by atoms with Crippen LogP contribution in [0.15, 0.2) is 0 Å². The predicted octanol–water partition coefficient (Wildman–Crippen LogP) is -2.52. The van der Waals surface area contributed by atoms with Crippen molar-refractivity contribution in [1.82, 2.24) is 10.9 Å². The second kappa shape index (κ2) is 6.44. The summed E-state index contributed by atoms with van der Waals surface area (Å²) in [6.07, 6.45) is 0. The highest BCUT2D eigenvalue weighted by Crippen LogP contribution is 1.84. The summed E-state index contributed by atoms with van der Waals surface area (Å²) in [4.78, 5) is 21.2. The number of carboxylic acid groups (broad SMARTS) is 1. The van der Waals surface area contributed by atoms with Gasteiger partial charge in [0.1, 0.15) is 17.9 Å². The number of aliphatic carboxylic acids is 1. The molecule has 0 heterocycles. The third-order valence-corrected chi connectivity index (χ3v) is 1.59. The normalized spacial score (nSPS) is 14.8. The Morgan fingerprint density at radius 3 is 1.86 bits per heavy atom. The van der Waals surface area contributed by atoms with Crippen LogP contribution in [-0.4, -0.2) is 52.4 Å². The van der Waals surface area contributed by atoms with Gasteiger partial charge in [0.2, 0.25) is 0 Å². The van der Waals surface area contributed by atoms with Gasteiger partial charge in [-0.15, -0.1) is 0 Å². The van der Waals surface area contributed by atoms with Gasteiger partial charge in [-0.2, -0.15) is 0 Å². The molecule has 5 N–H and O–H groups in total. The molecule has 2 atom stereocenters. The summed E-state index contributed by atoms with van der Waals surface area (Å²) >= 11 is 0. The van der Waals surface area contributed by atoms with Crippen LogP contribution in [-0.2, 0) is 9.59 Å². The molecule has 0 aliphatic heterocycles. The van der Waals surface area contributed by atoms with Gasteiger partial charge in [-0.1, -0.05) is 0 Å². The minimum atomic E-state index is -1.25. The molecule has 82 valence electrons. The lowest BCUT2D eigenvalue weighted by molar-refractivity contribution is -0.141. The molecule has 0 aliphatic rings. The van der Waals surface area contributed by atoms with E-state index in [0.29, 0.717) is 0 Å². The van der Waals surface area contributed by atoms with Gasteiger partial charge in [-0.3, -0.25) is 9.59 Å². The predicted molar refractivity (Wildman–Crippen MR) is 46.3 cm³/mol. The number of carbonyl (C=O) groups excluding carboxylic acids is 1. The average molecular weight is 206 g/mol. The van der Waals surface area contributed by atoms with Crippen LogP contribution in [0.4, 0.5) is 0 Å². The quantitative estimate of drug-likeness (QED) is 0.291. The van der Waals surface area contributed by atoms with Crippen LogP contribution in [0.2, 0.25) is 0 Å². The maximum atomic E-state index is 10.8. The minimum absolute atomic E-state index is 0.331. The maximum absolute atomic E-state index is 10.8. The van der Waals surface area contributed by atoms with Crippen LogP contribution in [0.1, 0.15) is 6.92 Å². The monoisotopic (exact) mass is 206 g/mol. The summed E-state index contributed by atoms with van der Waals surface area (Å²) in [5, 5.41) is 25.8. The highest BCUT2D eigenvalue weighted by molar-refractivity contribution is 5.81. The highest BCUT2D eigenvalue weighted by Gasteiger charge is 2.18. The highest BCUT2D eigenvalue weighted by atomic mass is 16.4. The third-order valence-electron chi connectivity index (χ3n) is 1.59. The van der Waals surface area contributed by atoms with E-state index in [1.54, 1.807) is 0 Å². The summed E-state index contributed by atoms with van der Waals surface area (Å²) in [7, 11) is 0. The first-order chi connectivity index (χ1) is 6.52. The molecule has 0 fully saturated rings. The van der Waals surface area contributed by atoms with Crippen LogP contribution in [0.25, 0.3) is 0 Å². The van der Waals surface area contributed by atoms with Gasteiger partial charge in [-0.05, 0) is 6.92 Å². The lowest BCUT2D eigenvalue weighted by atomic mass is 10.2. The average Bonchev–Trinajstić information content (AvgIpc) is 2.11. The second-order valence-electron chi connectivity index (χ2n) is 2.71. The number of hydrogen-bond donors (Lipinski definition) is 5. The number of rotatable bonds is 7. The van der Waals surface area contributed by atoms with Crippen molar-refractivity contribution in [3.63, 3.8) is 0 Å². The number of hydrogen-bond acceptors (Lipinski definition) is 6. The molecule has 14 heavy (non-hydrogen) atoms. The third kappa shape index (κ3) is 4.28. The van der Waals surface area contributed by atoms with Crippen molar-refractivity contribution in [3.05, 3.63) is 0 Å². The largest absolute Gasteiger partial charge is 0.480 e. The zero-order valence-corrected chi connectivity index (χ0v) is 7.73. The van der Waals surface area contributed by atoms with Crippen molar-refractivity contribution in [1.29, 1.82) is 0 Å². The molecule has 0 aromatic heterocycles. The van der Waals surface area contributed by atoms with Crippen LogP contribution in [0.3, 0.4) is 0 Å². The summed E-state index contributed by atoms with van der Waals surface area (Å²) in [6.45, 7) is 0.197. The number of aliphatic hydroxyl groups is 2. The SMILES string of the molecule is CC(=O)[C@H](CO)NN[C@@H](CO)C(=O)O. The molecule has 0 aliphatic carbocycles. The Kier molecular flexibility index (Phi) is 5.97. The Balaban J connectivity index is 4.00. The number of ketones is 1. The van der Waals surface area contributed by atoms with Crippen molar-refractivity contribution < 1.29 is 24.9 Å². The molecule has 0 radical (unpaired) electrons. The molecule has 0 saturated heterocycles. The Hall–Kier alpha value is -1.02. The fourth-order valence-corrected chi connectivity index (χ4v) is 0.662. The lowest BCUT2D eigenvalue weighted by Gasteiger charge is -2.17. The molecule has 7 nitrogen and oxygen atoms in total. The Morgan fingerprint density at radius 1 is 1.14 bits per heavy atom. The molecule has 0 unspecified atom stereocenters. The molecule has 0 aromatic carbocycles. The van der Waals surface area contributed by atoms with E-state index in [0.717, 1.165) is 0 Å². The van der Waals surface area contributed by atoms with Gasteiger partial charge in [-0.25, -0.2) is 10.9 Å². The minimum Gasteiger partial charge on any atom is -0.480 e. The van der Waals surface area contributed by atoms with Gasteiger partial charge in [0, 0.05) is 0 Å². The number of Topliss-reactive ketones (excluding diaryl/α,β-unsaturated/α-hetero) is 1. The first kappa shape index (κ1) is 13.0. The Labute approximate surface area is 80.7 Å². The number of nitrogens with one attached hydrogen (secondary N) is 2. The van der Waals surface area contributed by atoms with E-state index >= 15 is 0 Å². The number of aliphatic hydroxyl groups excluding tert-OH is 2. The van der Waals surface area contributed by atoms with Gasteiger partial charge in [0.05, 0.1) is 13.2 Å². The van der Waals surface area contributed by atoms with Gasteiger partial charge in [0.15, 0.2) is 0 Å². The van der Waals surface area contributed by atoms with E-state index < -0.39 is 31.3 Å². The van der Waals surface area contributed by atoms with Gasteiger partial charge in [0.25, 0.3) is 0 Å². The Morgan fingerprint density at radius 2 is 1.57 bits per heavy atom. The van der Waals surface area contributed by atoms with E-state index in [2.05, 4.69) is 10.9 Å². The first-order valence-electron chi connectivity index (χ1n) is 3.99. The topological polar surface area (TPSA) is 119 Å². The Bertz CT molecular complexity index is 186. The van der Waals surface area contributed by atoms with Crippen molar-refractivity contribution in [2.45, 2.75) is 19.0 Å². The molecular formula is C7H14N2O5. The summed E-state index contributed by atoms with van der Waals surface area (Å²) < 4.78 is 0. The number of carbonyl (C=O) groups is 2. The fraction of sp³-hybridized carbons (Fsp3) is 0.714. The van der Waals surface area contributed by atoms with E-state index in [1.165, 1.54) is 6.92 Å². The second-order valence-corrected chi connectivity index (χ2v) is 2.71. The molecule has 0 bridgehead atoms. The van der Waals surface area contributed by atoms with Crippen molar-refractivity contribution in [2.75, 3.05) is 13.2 Å². The van der Waals surface area contributed by atoms with Gasteiger partial charge >= 0.3 is 5.97 Å². The first-order valence-corrected chi connectivity index (χ1v) is 3.99. The van der Waals surface area contributed by atoms with Crippen LogP contribution in [0.5, 0.6) is 0 Å². The smallest absolute Gasteiger partial charge is 0.324 e. The molecule has 0 aromatic rings.